The van der Waals surface area contributed by atoms with Crippen molar-refractivity contribution in [2.24, 2.45) is 11.8 Å². The molecule has 0 amide bonds. The Labute approximate surface area is 121 Å². The molecule has 2 unspecified atom stereocenters. The molecule has 0 saturated carbocycles. The zero-order chi connectivity index (χ0) is 14.7. The number of allylic oxidation sites excluding steroid dienone is 5. The third-order valence-electron chi connectivity index (χ3n) is 3.87. The van der Waals surface area contributed by atoms with Gasteiger partial charge in [-0.05, 0) is 64.2 Å². The Hall–Kier alpha value is -0.780. The van der Waals surface area contributed by atoms with Gasteiger partial charge in [0, 0.05) is 0 Å². The molecule has 2 rings (SSSR count). The van der Waals surface area contributed by atoms with Crippen molar-refractivity contribution in [2.75, 3.05) is 0 Å². The summed E-state index contributed by atoms with van der Waals surface area (Å²) >= 11 is 0. The molecule has 0 nitrogen and oxygen atoms in total. The lowest BCUT2D eigenvalue weighted by Gasteiger charge is -2.19. The van der Waals surface area contributed by atoms with Crippen LogP contribution in [0.1, 0.15) is 73.1 Å². The molecule has 2 aliphatic carbocycles. The molecule has 0 aromatic rings. The van der Waals surface area contributed by atoms with Crippen molar-refractivity contribution in [3.05, 3.63) is 36.0 Å². The molecule has 0 aromatic heterocycles. The van der Waals surface area contributed by atoms with E-state index in [9.17, 15) is 0 Å². The second kappa shape index (κ2) is 11.1. The van der Waals surface area contributed by atoms with Gasteiger partial charge in [-0.1, -0.05) is 56.7 Å². The second-order valence-corrected chi connectivity index (χ2v) is 5.76. The molecule has 2 aliphatic rings. The molecule has 0 radical (unpaired) electrons. The highest BCUT2D eigenvalue weighted by molar-refractivity contribution is 5.09. The molecule has 0 fully saturated rings. The van der Waals surface area contributed by atoms with Crippen LogP contribution in [0.15, 0.2) is 36.0 Å². The van der Waals surface area contributed by atoms with Gasteiger partial charge in [-0.3, -0.25) is 0 Å². The molecule has 0 spiro atoms. The van der Waals surface area contributed by atoms with Gasteiger partial charge in [0.1, 0.15) is 0 Å². The highest BCUT2D eigenvalue weighted by atomic mass is 14.2. The summed E-state index contributed by atoms with van der Waals surface area (Å²) in [6.07, 6.45) is 14.7. The quantitative estimate of drug-likeness (QED) is 0.461. The van der Waals surface area contributed by atoms with E-state index in [1.807, 2.05) is 13.8 Å². The summed E-state index contributed by atoms with van der Waals surface area (Å²) in [7, 11) is 0. The minimum atomic E-state index is 0.767. The molecule has 0 aromatic carbocycles. The first-order valence-corrected chi connectivity index (χ1v) is 8.05. The van der Waals surface area contributed by atoms with Crippen LogP contribution in [0, 0.1) is 11.8 Å². The molecule has 0 saturated heterocycles. The summed E-state index contributed by atoms with van der Waals surface area (Å²) in [5, 5.41) is 0. The van der Waals surface area contributed by atoms with Crippen LogP contribution in [0.5, 0.6) is 0 Å². The van der Waals surface area contributed by atoms with E-state index in [2.05, 4.69) is 45.6 Å². The minimum Gasteiger partial charge on any atom is -0.0998 e. The van der Waals surface area contributed by atoms with Gasteiger partial charge >= 0.3 is 0 Å². The first kappa shape index (κ1) is 18.2. The number of hydrogen-bond donors (Lipinski definition) is 0. The second-order valence-electron chi connectivity index (χ2n) is 5.76. The van der Waals surface area contributed by atoms with Crippen LogP contribution < -0.4 is 0 Å². The Kier molecular flexibility index (Phi) is 10.6. The first-order valence-electron chi connectivity index (χ1n) is 8.05. The summed E-state index contributed by atoms with van der Waals surface area (Å²) < 4.78 is 0. The smallest absolute Gasteiger partial charge is 0.0171 e. The Morgan fingerprint density at radius 1 is 1.16 bits per heavy atom. The van der Waals surface area contributed by atoms with Crippen molar-refractivity contribution in [1.29, 1.82) is 0 Å². The van der Waals surface area contributed by atoms with E-state index in [1.54, 1.807) is 5.57 Å². The lowest BCUT2D eigenvalue weighted by Crippen LogP contribution is -2.04. The van der Waals surface area contributed by atoms with E-state index >= 15 is 0 Å². The minimum absolute atomic E-state index is 0.767. The van der Waals surface area contributed by atoms with Gasteiger partial charge in [0.2, 0.25) is 0 Å². The lowest BCUT2D eigenvalue weighted by atomic mass is 9.86. The molecule has 2 atom stereocenters. The zero-order valence-electron chi connectivity index (χ0n) is 13.8. The van der Waals surface area contributed by atoms with Gasteiger partial charge in [-0.25, -0.2) is 0 Å². The topological polar surface area (TPSA) is 0 Å². The molecule has 19 heavy (non-hydrogen) atoms. The van der Waals surface area contributed by atoms with E-state index in [-0.39, 0.29) is 0 Å². The van der Waals surface area contributed by atoms with Crippen LogP contribution in [-0.2, 0) is 0 Å². The summed E-state index contributed by atoms with van der Waals surface area (Å²) in [5.74, 6) is 1.72. The van der Waals surface area contributed by atoms with Crippen LogP contribution in [0.2, 0.25) is 0 Å². The lowest BCUT2D eigenvalue weighted by molar-refractivity contribution is 0.527. The highest BCUT2D eigenvalue weighted by Gasteiger charge is 2.11. The molecule has 0 heterocycles. The van der Waals surface area contributed by atoms with Gasteiger partial charge in [-0.15, -0.1) is 0 Å². The van der Waals surface area contributed by atoms with Crippen molar-refractivity contribution in [2.45, 2.75) is 73.1 Å². The van der Waals surface area contributed by atoms with E-state index in [4.69, 9.17) is 0 Å². The van der Waals surface area contributed by atoms with E-state index in [0.717, 1.165) is 11.8 Å². The molecular formula is C19H34. The third kappa shape index (κ3) is 8.86. The van der Waals surface area contributed by atoms with Crippen molar-refractivity contribution in [3.8, 4) is 0 Å². The molecule has 0 N–H and O–H groups in total. The SMILES string of the molecule is C=C(C)C1CC=C(C)CC1.CC.CC1CC=CCC1. The van der Waals surface area contributed by atoms with Gasteiger partial charge in [0.15, 0.2) is 0 Å². The van der Waals surface area contributed by atoms with Crippen molar-refractivity contribution in [3.63, 3.8) is 0 Å². The van der Waals surface area contributed by atoms with Gasteiger partial charge in [0.25, 0.3) is 0 Å². The maximum absolute atomic E-state index is 3.97. The predicted molar refractivity (Wildman–Crippen MR) is 89.4 cm³/mol. The fourth-order valence-corrected chi connectivity index (χ4v) is 2.36. The van der Waals surface area contributed by atoms with Crippen LogP contribution >= 0.6 is 0 Å². The summed E-state index contributed by atoms with van der Waals surface area (Å²) in [6, 6.07) is 0. The maximum Gasteiger partial charge on any atom is -0.0171 e. The van der Waals surface area contributed by atoms with Crippen molar-refractivity contribution in [1.82, 2.24) is 0 Å². The summed E-state index contributed by atoms with van der Waals surface area (Å²) in [5.41, 5.74) is 2.90. The molecule has 0 aliphatic heterocycles. The van der Waals surface area contributed by atoms with Gasteiger partial charge in [-0.2, -0.15) is 0 Å². The summed E-state index contributed by atoms with van der Waals surface area (Å²) in [6.45, 7) is 14.6. The number of rotatable bonds is 1. The van der Waals surface area contributed by atoms with Crippen LogP contribution in [0.25, 0.3) is 0 Å². The van der Waals surface area contributed by atoms with Crippen molar-refractivity contribution >= 4 is 0 Å². The molecule has 0 heteroatoms. The summed E-state index contributed by atoms with van der Waals surface area (Å²) in [4.78, 5) is 0. The molecule has 0 bridgehead atoms. The standard InChI is InChI=1S/C10H16.C7H12.C2H6/c1-8(2)10-6-4-9(3)5-7-10;1-7-5-3-2-4-6-7;1-2/h4,10H,1,5-7H2,2-3H3;2-3,7H,4-6H2,1H3;1-2H3. The molecule has 110 valence electrons. The number of hydrogen-bond acceptors (Lipinski definition) is 0. The largest absolute Gasteiger partial charge is 0.0998 e. The van der Waals surface area contributed by atoms with Crippen LogP contribution in [-0.4, -0.2) is 0 Å². The normalized spacial score (nSPS) is 25.2. The predicted octanol–water partition coefficient (Wildman–Crippen LogP) is 6.70. The first-order chi connectivity index (χ1) is 9.09. The van der Waals surface area contributed by atoms with Gasteiger partial charge in [0.05, 0.1) is 0 Å². The van der Waals surface area contributed by atoms with Crippen molar-refractivity contribution < 1.29 is 0 Å². The Balaban J connectivity index is 0.000000316. The Morgan fingerprint density at radius 2 is 1.84 bits per heavy atom. The highest BCUT2D eigenvalue weighted by Crippen LogP contribution is 2.27. The van der Waals surface area contributed by atoms with Crippen LogP contribution in [0.4, 0.5) is 0 Å². The van der Waals surface area contributed by atoms with Gasteiger partial charge < -0.3 is 0 Å². The molecular weight excluding hydrogens is 228 g/mol. The monoisotopic (exact) mass is 262 g/mol. The van der Waals surface area contributed by atoms with E-state index in [0.29, 0.717) is 0 Å². The average molecular weight is 262 g/mol. The zero-order valence-corrected chi connectivity index (χ0v) is 13.8. The fraction of sp³-hybridized carbons (Fsp3) is 0.684. The van der Waals surface area contributed by atoms with E-state index in [1.165, 1.54) is 44.1 Å². The van der Waals surface area contributed by atoms with Crippen LogP contribution in [0.3, 0.4) is 0 Å². The Morgan fingerprint density at radius 3 is 2.16 bits per heavy atom. The third-order valence-corrected chi connectivity index (χ3v) is 3.87. The van der Waals surface area contributed by atoms with E-state index < -0.39 is 0 Å². The average Bonchev–Trinajstić information content (AvgIpc) is 2.43. The maximum atomic E-state index is 3.97. The Bertz CT molecular complexity index is 293. The fourth-order valence-electron chi connectivity index (χ4n) is 2.36.